The van der Waals surface area contributed by atoms with Crippen LogP contribution < -0.4 is 4.74 Å². The number of benzene rings is 1. The molecular weight excluding hydrogens is 390 g/mol. The minimum atomic E-state index is -3.54. The molecule has 7 nitrogen and oxygen atoms in total. The normalized spacial score (nSPS) is 25.6. The molecular formula is C21H33N3O4S. The predicted octanol–water partition coefficient (Wildman–Crippen LogP) is 1.89. The summed E-state index contributed by atoms with van der Waals surface area (Å²) in [7, 11) is -1.98. The Morgan fingerprint density at radius 2 is 1.59 bits per heavy atom. The number of amides is 1. The van der Waals surface area contributed by atoms with Crippen molar-refractivity contribution in [3.8, 4) is 5.75 Å². The van der Waals surface area contributed by atoms with E-state index in [0.717, 1.165) is 13.1 Å². The number of sulfonamides is 1. The molecule has 1 aromatic rings. The van der Waals surface area contributed by atoms with E-state index in [1.807, 2.05) is 11.8 Å². The molecule has 0 aromatic heterocycles. The Hall–Kier alpha value is -1.64. The summed E-state index contributed by atoms with van der Waals surface area (Å²) in [6, 6.07) is 6.24. The molecule has 0 N–H and O–H groups in total. The highest BCUT2D eigenvalue weighted by molar-refractivity contribution is 7.89. The summed E-state index contributed by atoms with van der Waals surface area (Å²) in [5.41, 5.74) is 0. The Morgan fingerprint density at radius 1 is 1.03 bits per heavy atom. The molecule has 2 heterocycles. The van der Waals surface area contributed by atoms with Gasteiger partial charge in [-0.05, 0) is 49.4 Å². The first-order chi connectivity index (χ1) is 13.7. The third-order valence-electron chi connectivity index (χ3n) is 6.06. The van der Waals surface area contributed by atoms with Crippen molar-refractivity contribution >= 4 is 15.9 Å². The fourth-order valence-corrected chi connectivity index (χ4v) is 5.91. The lowest BCUT2D eigenvalue weighted by Crippen LogP contribution is -2.56. The first-order valence-corrected chi connectivity index (χ1v) is 11.8. The van der Waals surface area contributed by atoms with Crippen molar-refractivity contribution in [3.63, 3.8) is 0 Å². The van der Waals surface area contributed by atoms with Gasteiger partial charge in [0.1, 0.15) is 5.75 Å². The van der Waals surface area contributed by atoms with Crippen molar-refractivity contribution in [1.29, 1.82) is 0 Å². The zero-order chi connectivity index (χ0) is 21.2. The second-order valence-corrected chi connectivity index (χ2v) is 10.4. The average Bonchev–Trinajstić information content (AvgIpc) is 2.72. The van der Waals surface area contributed by atoms with E-state index in [2.05, 4.69) is 18.7 Å². The van der Waals surface area contributed by atoms with Crippen LogP contribution in [0.1, 0.15) is 27.2 Å². The molecule has 0 spiro atoms. The van der Waals surface area contributed by atoms with Gasteiger partial charge in [-0.25, -0.2) is 8.42 Å². The Morgan fingerprint density at radius 3 is 2.10 bits per heavy atom. The van der Waals surface area contributed by atoms with Gasteiger partial charge in [0, 0.05) is 39.3 Å². The van der Waals surface area contributed by atoms with Gasteiger partial charge < -0.3 is 9.64 Å². The van der Waals surface area contributed by atoms with Gasteiger partial charge in [0.25, 0.3) is 0 Å². The molecule has 162 valence electrons. The van der Waals surface area contributed by atoms with E-state index in [4.69, 9.17) is 4.74 Å². The molecule has 2 saturated heterocycles. The summed E-state index contributed by atoms with van der Waals surface area (Å²) in [6.45, 7) is 9.87. The molecule has 3 atom stereocenters. The molecule has 1 aromatic carbocycles. The molecule has 2 aliphatic rings. The van der Waals surface area contributed by atoms with E-state index in [1.165, 1.54) is 10.7 Å². The first kappa shape index (κ1) is 22.1. The van der Waals surface area contributed by atoms with Crippen LogP contribution in [-0.4, -0.2) is 80.9 Å². The molecule has 0 aliphatic carbocycles. The number of likely N-dealkylation sites (tertiary alicyclic amines) is 1. The number of ether oxygens (including phenoxy) is 1. The topological polar surface area (TPSA) is 70.2 Å². The van der Waals surface area contributed by atoms with Gasteiger partial charge in [-0.15, -0.1) is 0 Å². The van der Waals surface area contributed by atoms with Crippen LogP contribution in [0.25, 0.3) is 0 Å². The van der Waals surface area contributed by atoms with Crippen molar-refractivity contribution in [3.05, 3.63) is 24.3 Å². The van der Waals surface area contributed by atoms with Gasteiger partial charge in [-0.1, -0.05) is 13.8 Å². The number of hydrogen-bond donors (Lipinski definition) is 0. The number of carbonyl (C=O) groups excluding carboxylic acids is 1. The molecule has 2 fully saturated rings. The molecule has 1 amide bonds. The summed E-state index contributed by atoms with van der Waals surface area (Å²) in [6.07, 6.45) is 1.17. The van der Waals surface area contributed by atoms with Gasteiger partial charge in [0.15, 0.2) is 0 Å². The number of nitrogens with zero attached hydrogens (tertiary/aromatic N) is 3. The minimum absolute atomic E-state index is 0.162. The van der Waals surface area contributed by atoms with E-state index in [1.54, 1.807) is 31.4 Å². The zero-order valence-corrected chi connectivity index (χ0v) is 18.7. The molecule has 0 radical (unpaired) electrons. The first-order valence-electron chi connectivity index (χ1n) is 10.4. The van der Waals surface area contributed by atoms with E-state index >= 15 is 0 Å². The van der Waals surface area contributed by atoms with E-state index in [0.29, 0.717) is 43.8 Å². The van der Waals surface area contributed by atoms with Crippen molar-refractivity contribution in [2.24, 2.45) is 11.8 Å². The molecule has 2 aliphatic heterocycles. The lowest BCUT2D eigenvalue weighted by atomic mass is 9.91. The largest absolute Gasteiger partial charge is 0.497 e. The van der Waals surface area contributed by atoms with Crippen LogP contribution in [-0.2, 0) is 14.8 Å². The second kappa shape index (κ2) is 9.02. The third-order valence-corrected chi connectivity index (χ3v) is 7.97. The van der Waals surface area contributed by atoms with E-state index in [-0.39, 0.29) is 16.8 Å². The summed E-state index contributed by atoms with van der Waals surface area (Å²) in [4.78, 5) is 17.4. The Kier molecular flexibility index (Phi) is 6.86. The fourth-order valence-electron chi connectivity index (χ4n) is 4.49. The number of carbonyl (C=O) groups is 1. The SMILES string of the molecule is COc1ccc(S(=O)(=O)N2CCN(C(C)C(=O)N3CC(C)CC(C)C3)CC2)cc1. The van der Waals surface area contributed by atoms with Crippen molar-refractivity contribution in [2.75, 3.05) is 46.4 Å². The second-order valence-electron chi connectivity index (χ2n) is 8.48. The van der Waals surface area contributed by atoms with Gasteiger partial charge in [-0.3, -0.25) is 9.69 Å². The molecule has 3 rings (SSSR count). The summed E-state index contributed by atoms with van der Waals surface area (Å²) < 4.78 is 32.4. The number of hydrogen-bond acceptors (Lipinski definition) is 5. The van der Waals surface area contributed by atoms with Crippen LogP contribution >= 0.6 is 0 Å². The van der Waals surface area contributed by atoms with Gasteiger partial charge in [-0.2, -0.15) is 4.31 Å². The van der Waals surface area contributed by atoms with Crippen LogP contribution in [0.3, 0.4) is 0 Å². The Bertz CT molecular complexity index is 794. The predicted molar refractivity (Wildman–Crippen MR) is 112 cm³/mol. The van der Waals surface area contributed by atoms with Gasteiger partial charge in [0.05, 0.1) is 18.0 Å². The molecule has 29 heavy (non-hydrogen) atoms. The maximum Gasteiger partial charge on any atom is 0.243 e. The third kappa shape index (κ3) is 4.92. The van der Waals surface area contributed by atoms with Crippen LogP contribution in [0.15, 0.2) is 29.2 Å². The number of rotatable bonds is 5. The van der Waals surface area contributed by atoms with Crippen molar-refractivity contribution < 1.29 is 17.9 Å². The highest BCUT2D eigenvalue weighted by Crippen LogP contribution is 2.24. The van der Waals surface area contributed by atoms with Gasteiger partial charge in [0.2, 0.25) is 15.9 Å². The van der Waals surface area contributed by atoms with Crippen molar-refractivity contribution in [2.45, 2.75) is 38.1 Å². The van der Waals surface area contributed by atoms with Crippen LogP contribution in [0.2, 0.25) is 0 Å². The standard InChI is InChI=1S/C21H33N3O4S/c1-16-13-17(2)15-23(14-16)21(25)18(3)22-9-11-24(12-10-22)29(26,27)20-7-5-19(28-4)6-8-20/h5-8,16-18H,9-15H2,1-4H3. The maximum atomic E-state index is 13.0. The smallest absolute Gasteiger partial charge is 0.243 e. The monoisotopic (exact) mass is 423 g/mol. The van der Waals surface area contributed by atoms with Crippen LogP contribution in [0, 0.1) is 11.8 Å². The highest BCUT2D eigenvalue weighted by atomic mass is 32.2. The lowest BCUT2D eigenvalue weighted by molar-refractivity contribution is -0.139. The Balaban J connectivity index is 1.59. The van der Waals surface area contributed by atoms with E-state index < -0.39 is 10.0 Å². The molecule has 0 bridgehead atoms. The van der Waals surface area contributed by atoms with E-state index in [9.17, 15) is 13.2 Å². The summed E-state index contributed by atoms with van der Waals surface area (Å²) in [5, 5.41) is 0. The van der Waals surface area contributed by atoms with Gasteiger partial charge >= 0.3 is 0 Å². The molecule has 0 saturated carbocycles. The highest BCUT2D eigenvalue weighted by Gasteiger charge is 2.34. The zero-order valence-electron chi connectivity index (χ0n) is 17.9. The number of piperidine rings is 1. The van der Waals surface area contributed by atoms with Crippen molar-refractivity contribution in [1.82, 2.24) is 14.1 Å². The quantitative estimate of drug-likeness (QED) is 0.723. The summed E-state index contributed by atoms with van der Waals surface area (Å²) in [5.74, 6) is 1.85. The number of piperazine rings is 1. The maximum absolute atomic E-state index is 13.0. The molecule has 3 unspecified atom stereocenters. The van der Waals surface area contributed by atoms with Crippen LogP contribution in [0.5, 0.6) is 5.75 Å². The lowest BCUT2D eigenvalue weighted by Gasteiger charge is -2.41. The fraction of sp³-hybridized carbons (Fsp3) is 0.667. The summed E-state index contributed by atoms with van der Waals surface area (Å²) >= 11 is 0. The average molecular weight is 424 g/mol. The molecule has 8 heteroatoms. The Labute approximate surface area is 174 Å². The van der Waals surface area contributed by atoms with Crippen LogP contribution in [0.4, 0.5) is 0 Å². The number of methoxy groups -OCH3 is 1. The minimum Gasteiger partial charge on any atom is -0.497 e.